The summed E-state index contributed by atoms with van der Waals surface area (Å²) in [6.07, 6.45) is 37.1. The van der Waals surface area contributed by atoms with Crippen molar-refractivity contribution in [3.8, 4) is 22.4 Å². The molecule has 5 heterocycles. The maximum Gasteiger partial charge on any atom is -0.0630 e. The Morgan fingerprint density at radius 3 is 2.25 bits per heavy atom. The Morgan fingerprint density at radius 2 is 1.38 bits per heavy atom. The van der Waals surface area contributed by atoms with Crippen LogP contribution in [-0.4, -0.2) is 15.5 Å². The monoisotopic (exact) mass is 1160 g/mol. The van der Waals surface area contributed by atoms with Crippen molar-refractivity contribution in [2.45, 2.75) is 67.3 Å². The van der Waals surface area contributed by atoms with E-state index in [-0.39, 0.29) is 33.0 Å². The molecular formula is C72H55INS3-. The molecule has 0 spiro atoms. The van der Waals surface area contributed by atoms with E-state index < -0.39 is 0 Å². The molecule has 1 fully saturated rings. The fourth-order valence-corrected chi connectivity index (χ4v) is 20.5. The zero-order valence-electron chi connectivity index (χ0n) is 42.7. The molecule has 6 aromatic carbocycles. The van der Waals surface area contributed by atoms with Gasteiger partial charge in [0.1, 0.15) is 0 Å². The van der Waals surface area contributed by atoms with Crippen LogP contribution in [0.4, 0.5) is 0 Å². The summed E-state index contributed by atoms with van der Waals surface area (Å²) < 4.78 is 8.55. The van der Waals surface area contributed by atoms with Crippen molar-refractivity contribution in [2.24, 2.45) is 11.8 Å². The van der Waals surface area contributed by atoms with E-state index in [0.717, 1.165) is 43.5 Å². The summed E-state index contributed by atoms with van der Waals surface area (Å²) in [5.74, 6) is 1.74. The standard InChI is InChI=1S/C72H55INS3/c1-2-12-43(13-3-1)30-55-37-53(52-33-48(45-23-27-70-61(39-45)57-15-5-9-19-67(57)75-70)31-49(34-52)46-24-28-71-62(40-46)58-16-6-10-20-68(58)76-71)42-66(74-55)54-35-50(44-22-26-65-60(38-44)56-14-4-8-18-64(56)73-65)32-51(36-54)47-25-29-72-63(41-47)59-17-7-11-21-69(59)77-72/h1-2,4-5,7-12,14-15,17-29,31-32,34-37,39-42,44,48,58,62,68,71H,3,6,13,16,30,33,38H2/q-1/t44-,48?,58?,62?,68?,71?/m0/s1. The van der Waals surface area contributed by atoms with Gasteiger partial charge in [0.25, 0.3) is 0 Å². The number of nitrogens with zero attached hydrogens (tertiary/aromatic N) is 1. The van der Waals surface area contributed by atoms with E-state index in [2.05, 4.69) is 224 Å². The van der Waals surface area contributed by atoms with Crippen molar-refractivity contribution < 1.29 is 21.2 Å². The van der Waals surface area contributed by atoms with Gasteiger partial charge in [-0.2, -0.15) is 0 Å². The van der Waals surface area contributed by atoms with Crippen LogP contribution in [0.3, 0.4) is 0 Å². The molecular weight excluding hydrogens is 1100 g/mol. The molecule has 2 aliphatic heterocycles. The molecule has 0 saturated carbocycles. The maximum absolute atomic E-state index is 5.74. The summed E-state index contributed by atoms with van der Waals surface area (Å²) in [5, 5.41) is 6.57. The van der Waals surface area contributed by atoms with E-state index in [1.165, 1.54) is 114 Å². The second kappa shape index (κ2) is 19.2. The first-order valence-electron chi connectivity index (χ1n) is 27.7. The van der Waals surface area contributed by atoms with Gasteiger partial charge in [0.05, 0.1) is 0 Å². The van der Waals surface area contributed by atoms with Crippen LogP contribution in [0.1, 0.15) is 78.3 Å². The SMILES string of the molecule is C1=CCCC(Cc2cc(C3=CC(C4=CC5C(C=C4)SC4C=CCCC45)=CC(c4ccc5sc6ccccc6c5c4)C3)cc(-c3cc(-c4ccc5sc6ccccc6c5c4)cc([C@H]4C=CC5=C(C4)c4ccccc4[I-]5)c3)n2)=C1. The van der Waals surface area contributed by atoms with Crippen LogP contribution in [0, 0.1) is 15.4 Å². The summed E-state index contributed by atoms with van der Waals surface area (Å²) in [6.45, 7) is 0. The number of thiophene rings is 2. The predicted octanol–water partition coefficient (Wildman–Crippen LogP) is 16.8. The molecule has 0 radical (unpaired) electrons. The number of benzene rings is 6. The van der Waals surface area contributed by atoms with Gasteiger partial charge in [-0.1, -0.05) is 91.1 Å². The molecule has 5 aliphatic carbocycles. The second-order valence-corrected chi connectivity index (χ2v) is 28.6. The topological polar surface area (TPSA) is 12.9 Å². The minimum Gasteiger partial charge on any atom is -0.0630 e. The molecule has 374 valence electrons. The van der Waals surface area contributed by atoms with E-state index in [1.807, 2.05) is 22.7 Å². The summed E-state index contributed by atoms with van der Waals surface area (Å²) in [4.78, 5) is 5.74. The molecule has 1 nitrogen and oxygen atoms in total. The molecule has 6 atom stereocenters. The van der Waals surface area contributed by atoms with E-state index >= 15 is 0 Å². The largest absolute Gasteiger partial charge is 0.0630 e. The van der Waals surface area contributed by atoms with Crippen LogP contribution in [0.25, 0.3) is 73.9 Å². The zero-order chi connectivity index (χ0) is 50.6. The van der Waals surface area contributed by atoms with Gasteiger partial charge < -0.3 is 0 Å². The number of rotatable bonds is 8. The van der Waals surface area contributed by atoms with Gasteiger partial charge in [-0.3, -0.25) is 0 Å². The normalized spacial score (nSPS) is 23.4. The van der Waals surface area contributed by atoms with Crippen LogP contribution in [0.15, 0.2) is 233 Å². The van der Waals surface area contributed by atoms with Crippen molar-refractivity contribution >= 4 is 85.9 Å². The van der Waals surface area contributed by atoms with Crippen LogP contribution < -0.4 is 21.2 Å². The second-order valence-electron chi connectivity index (χ2n) is 22.2. The molecule has 9 aromatic rings. The van der Waals surface area contributed by atoms with Crippen LogP contribution in [0.2, 0.25) is 0 Å². The van der Waals surface area contributed by atoms with Crippen molar-refractivity contribution in [3.63, 3.8) is 0 Å². The average molecular weight is 1160 g/mol. The first-order valence-corrected chi connectivity index (χ1v) is 32.4. The molecule has 0 bridgehead atoms. The molecule has 5 unspecified atom stereocenters. The molecule has 0 N–H and O–H groups in total. The molecule has 0 amide bonds. The molecule has 3 aromatic heterocycles. The first-order chi connectivity index (χ1) is 38.0. The van der Waals surface area contributed by atoms with E-state index in [4.69, 9.17) is 4.98 Å². The summed E-state index contributed by atoms with van der Waals surface area (Å²) in [7, 11) is 0. The van der Waals surface area contributed by atoms with Gasteiger partial charge in [0, 0.05) is 36.6 Å². The number of hydrogen-bond donors (Lipinski definition) is 0. The molecule has 5 heteroatoms. The van der Waals surface area contributed by atoms with Gasteiger partial charge in [0.2, 0.25) is 0 Å². The number of pyridine rings is 1. The van der Waals surface area contributed by atoms with Gasteiger partial charge in [-0.05, 0) is 78.5 Å². The molecule has 16 rings (SSSR count). The third-order valence-corrected chi connectivity index (χ3v) is 24.5. The van der Waals surface area contributed by atoms with Crippen LogP contribution >= 0.6 is 34.4 Å². The van der Waals surface area contributed by atoms with Crippen LogP contribution in [0.5, 0.6) is 0 Å². The Hall–Kier alpha value is -6.35. The smallest absolute Gasteiger partial charge is 0.0630 e. The van der Waals surface area contributed by atoms with Gasteiger partial charge in [0.15, 0.2) is 0 Å². The van der Waals surface area contributed by atoms with Gasteiger partial charge in [-0.25, -0.2) is 0 Å². The van der Waals surface area contributed by atoms with Crippen molar-refractivity contribution in [1.29, 1.82) is 0 Å². The minimum absolute atomic E-state index is 0.156. The Balaban J connectivity index is 0.852. The minimum atomic E-state index is -0.156. The Bertz CT molecular complexity index is 4250. The predicted molar refractivity (Wildman–Crippen MR) is 327 cm³/mol. The Morgan fingerprint density at radius 1 is 0.571 bits per heavy atom. The van der Waals surface area contributed by atoms with Gasteiger partial charge in [-0.15, -0.1) is 23.1 Å². The zero-order valence-corrected chi connectivity index (χ0v) is 47.3. The third kappa shape index (κ3) is 8.50. The van der Waals surface area contributed by atoms with Crippen LogP contribution in [-0.2, 0) is 6.42 Å². The first kappa shape index (κ1) is 46.7. The van der Waals surface area contributed by atoms with E-state index in [0.29, 0.717) is 22.3 Å². The van der Waals surface area contributed by atoms with Crippen molar-refractivity contribution in [2.75, 3.05) is 0 Å². The molecule has 7 aliphatic rings. The Kier molecular flexibility index (Phi) is 11.7. The van der Waals surface area contributed by atoms with E-state index in [1.54, 1.807) is 12.7 Å². The average Bonchev–Trinajstić information content (AvgIpc) is 4.28. The fraction of sp³-hybridized carbons (Fsp3) is 0.181. The Labute approximate surface area is 473 Å². The van der Waals surface area contributed by atoms with Crippen molar-refractivity contribution in [3.05, 3.63) is 264 Å². The molecule has 1 saturated heterocycles. The number of fused-ring (bicyclic) bond motifs is 11. The number of hydrogen-bond acceptors (Lipinski definition) is 4. The summed E-state index contributed by atoms with van der Waals surface area (Å²) >= 11 is 5.83. The quantitative estimate of drug-likeness (QED) is 0.111. The van der Waals surface area contributed by atoms with Crippen molar-refractivity contribution in [1.82, 2.24) is 4.98 Å². The summed E-state index contributed by atoms with van der Waals surface area (Å²) in [6, 6.07) is 53.9. The number of thioether (sulfide) groups is 1. The summed E-state index contributed by atoms with van der Waals surface area (Å²) in [5.41, 5.74) is 18.6. The number of aromatic nitrogens is 1. The fourth-order valence-electron chi connectivity index (χ4n) is 13.6. The maximum atomic E-state index is 5.74. The van der Waals surface area contributed by atoms with Gasteiger partial charge >= 0.3 is 249 Å². The number of halogens is 1. The third-order valence-electron chi connectivity index (χ3n) is 17.5. The molecule has 77 heavy (non-hydrogen) atoms. The number of allylic oxidation sites excluding steroid dienone is 16. The van der Waals surface area contributed by atoms with E-state index in [9.17, 15) is 0 Å².